The largest absolute Gasteiger partial charge is 0.376 e. The molecule has 1 unspecified atom stereocenters. The molecule has 48 valence electrons. The van der Waals surface area contributed by atoms with Gasteiger partial charge in [-0.3, -0.25) is 0 Å². The maximum absolute atomic E-state index is 5.36. The Hall–Kier alpha value is -0.0800. The molecule has 0 spiro atoms. The first-order chi connectivity index (χ1) is 3.93. The van der Waals surface area contributed by atoms with E-state index in [1.54, 1.807) is 0 Å². The fourth-order valence-electron chi connectivity index (χ4n) is 0.882. The molecule has 1 fully saturated rings. The van der Waals surface area contributed by atoms with Crippen LogP contribution in [0.3, 0.4) is 0 Å². The molecular formula is C6H13NO. The average Bonchev–Trinajstić information content (AvgIpc) is 1.90. The third kappa shape index (κ3) is 1.46. The Bertz CT molecular complexity index is 59.5. The average molecular weight is 115 g/mol. The van der Waals surface area contributed by atoms with Gasteiger partial charge in [-0.1, -0.05) is 6.92 Å². The first kappa shape index (κ1) is 6.05. The molecule has 1 atom stereocenters. The van der Waals surface area contributed by atoms with Crippen molar-refractivity contribution in [2.24, 2.45) is 0 Å². The molecule has 0 radical (unpaired) electrons. The van der Waals surface area contributed by atoms with Crippen LogP contribution >= 0.6 is 0 Å². The number of rotatable bonds is 1. The predicted molar refractivity (Wildman–Crippen MR) is 32.9 cm³/mol. The second-order valence-corrected chi connectivity index (χ2v) is 2.11. The van der Waals surface area contributed by atoms with Crippen LogP contribution in [0.2, 0.25) is 0 Å². The minimum absolute atomic E-state index is 0.476. The summed E-state index contributed by atoms with van der Waals surface area (Å²) < 4.78 is 5.36. The topological polar surface area (TPSA) is 21.3 Å². The summed E-state index contributed by atoms with van der Waals surface area (Å²) in [5.74, 6) is 0. The van der Waals surface area contributed by atoms with Crippen molar-refractivity contribution in [3.63, 3.8) is 0 Å². The molecule has 1 N–H and O–H groups in total. The molecule has 0 amide bonds. The van der Waals surface area contributed by atoms with Crippen LogP contribution in [0.5, 0.6) is 0 Å². The van der Waals surface area contributed by atoms with Crippen molar-refractivity contribution < 1.29 is 4.74 Å². The molecule has 0 aromatic rings. The second kappa shape index (κ2) is 3.05. The van der Waals surface area contributed by atoms with Crippen LogP contribution in [0.4, 0.5) is 0 Å². The highest BCUT2D eigenvalue weighted by atomic mass is 16.5. The summed E-state index contributed by atoms with van der Waals surface area (Å²) in [5.41, 5.74) is 0. The molecule has 0 aliphatic carbocycles. The zero-order chi connectivity index (χ0) is 5.82. The highest BCUT2D eigenvalue weighted by Crippen LogP contribution is 1.98. The maximum atomic E-state index is 5.36. The fourth-order valence-corrected chi connectivity index (χ4v) is 0.882. The van der Waals surface area contributed by atoms with Crippen LogP contribution in [0.25, 0.3) is 0 Å². The molecule has 2 heteroatoms. The molecule has 1 aliphatic heterocycles. The molecule has 1 rings (SSSR count). The Labute approximate surface area is 50.2 Å². The van der Waals surface area contributed by atoms with Gasteiger partial charge in [-0.2, -0.15) is 0 Å². The van der Waals surface area contributed by atoms with Gasteiger partial charge in [0.1, 0.15) is 0 Å². The van der Waals surface area contributed by atoms with E-state index in [9.17, 15) is 0 Å². The van der Waals surface area contributed by atoms with Gasteiger partial charge in [0.15, 0.2) is 0 Å². The maximum Gasteiger partial charge on any atom is 0.0697 e. The van der Waals surface area contributed by atoms with Gasteiger partial charge >= 0.3 is 0 Å². The number of morpholine rings is 1. The van der Waals surface area contributed by atoms with Crippen molar-refractivity contribution >= 4 is 0 Å². The molecular weight excluding hydrogens is 102 g/mol. The number of ether oxygens (including phenoxy) is 1. The van der Waals surface area contributed by atoms with Crippen LogP contribution in [0.1, 0.15) is 13.3 Å². The Kier molecular flexibility index (Phi) is 2.30. The van der Waals surface area contributed by atoms with Crippen LogP contribution < -0.4 is 5.32 Å². The quantitative estimate of drug-likeness (QED) is 0.533. The molecule has 0 bridgehead atoms. The van der Waals surface area contributed by atoms with Crippen LogP contribution in [0.15, 0.2) is 0 Å². The highest BCUT2D eigenvalue weighted by molar-refractivity contribution is 4.63. The Morgan fingerprint density at radius 1 is 1.75 bits per heavy atom. The molecule has 0 aromatic heterocycles. The first-order valence-electron chi connectivity index (χ1n) is 3.26. The van der Waals surface area contributed by atoms with Crippen molar-refractivity contribution in [1.29, 1.82) is 0 Å². The molecule has 1 aliphatic rings. The van der Waals surface area contributed by atoms with E-state index in [0.717, 1.165) is 26.1 Å². The van der Waals surface area contributed by atoms with E-state index in [-0.39, 0.29) is 0 Å². The molecule has 0 saturated carbocycles. The summed E-state index contributed by atoms with van der Waals surface area (Å²) in [7, 11) is 0. The molecule has 1 heterocycles. The molecule has 2 nitrogen and oxygen atoms in total. The van der Waals surface area contributed by atoms with Crippen LogP contribution in [0, 0.1) is 0 Å². The third-order valence-electron chi connectivity index (χ3n) is 1.46. The lowest BCUT2D eigenvalue weighted by molar-refractivity contribution is 0.0267. The van der Waals surface area contributed by atoms with Gasteiger partial charge in [0.2, 0.25) is 0 Å². The number of hydrogen-bond acceptors (Lipinski definition) is 2. The summed E-state index contributed by atoms with van der Waals surface area (Å²) in [4.78, 5) is 0. The SMILES string of the molecule is CCC1CNCCO1. The molecule has 0 aromatic carbocycles. The summed E-state index contributed by atoms with van der Waals surface area (Å²) in [6.07, 6.45) is 1.61. The first-order valence-corrected chi connectivity index (χ1v) is 3.26. The van der Waals surface area contributed by atoms with E-state index in [4.69, 9.17) is 4.74 Å². The summed E-state index contributed by atoms with van der Waals surface area (Å²) in [5, 5.41) is 3.26. The normalized spacial score (nSPS) is 30.4. The van der Waals surface area contributed by atoms with Crippen LogP contribution in [-0.2, 0) is 4.74 Å². The lowest BCUT2D eigenvalue weighted by atomic mass is 10.2. The third-order valence-corrected chi connectivity index (χ3v) is 1.46. The van der Waals surface area contributed by atoms with E-state index in [1.165, 1.54) is 0 Å². The summed E-state index contributed by atoms with van der Waals surface area (Å²) >= 11 is 0. The minimum Gasteiger partial charge on any atom is -0.376 e. The van der Waals surface area contributed by atoms with E-state index >= 15 is 0 Å². The Morgan fingerprint density at radius 3 is 3.00 bits per heavy atom. The standard InChI is InChI=1S/C6H13NO/c1-2-6-5-7-3-4-8-6/h6-7H,2-5H2,1H3. The van der Waals surface area contributed by atoms with Crippen molar-refractivity contribution in [2.75, 3.05) is 19.7 Å². The van der Waals surface area contributed by atoms with Crippen LogP contribution in [-0.4, -0.2) is 25.8 Å². The van der Waals surface area contributed by atoms with Gasteiger partial charge < -0.3 is 10.1 Å². The van der Waals surface area contributed by atoms with E-state index < -0.39 is 0 Å². The van der Waals surface area contributed by atoms with Gasteiger partial charge in [-0.25, -0.2) is 0 Å². The lowest BCUT2D eigenvalue weighted by Gasteiger charge is -2.21. The summed E-state index contributed by atoms with van der Waals surface area (Å²) in [6, 6.07) is 0. The van der Waals surface area contributed by atoms with Gasteiger partial charge in [0, 0.05) is 13.1 Å². The van der Waals surface area contributed by atoms with Crippen molar-refractivity contribution in [2.45, 2.75) is 19.4 Å². The van der Waals surface area contributed by atoms with E-state index in [2.05, 4.69) is 12.2 Å². The molecule has 8 heavy (non-hydrogen) atoms. The van der Waals surface area contributed by atoms with Gasteiger partial charge in [-0.05, 0) is 6.42 Å². The number of hydrogen-bond donors (Lipinski definition) is 1. The lowest BCUT2D eigenvalue weighted by Crippen LogP contribution is -2.37. The highest BCUT2D eigenvalue weighted by Gasteiger charge is 2.08. The number of nitrogens with one attached hydrogen (secondary N) is 1. The Balaban J connectivity index is 2.13. The predicted octanol–water partition coefficient (Wildman–Crippen LogP) is 0.385. The van der Waals surface area contributed by atoms with E-state index in [1.807, 2.05) is 0 Å². The molecule has 1 saturated heterocycles. The smallest absolute Gasteiger partial charge is 0.0697 e. The van der Waals surface area contributed by atoms with Crippen molar-refractivity contribution in [1.82, 2.24) is 5.32 Å². The summed E-state index contributed by atoms with van der Waals surface area (Å²) in [6.45, 7) is 5.10. The zero-order valence-electron chi connectivity index (χ0n) is 5.31. The van der Waals surface area contributed by atoms with Gasteiger partial charge in [0.05, 0.1) is 12.7 Å². The van der Waals surface area contributed by atoms with E-state index in [0.29, 0.717) is 6.10 Å². The van der Waals surface area contributed by atoms with Crippen molar-refractivity contribution in [3.05, 3.63) is 0 Å². The Morgan fingerprint density at radius 2 is 2.62 bits per heavy atom. The fraction of sp³-hybridized carbons (Fsp3) is 1.00. The van der Waals surface area contributed by atoms with Gasteiger partial charge in [0.25, 0.3) is 0 Å². The minimum atomic E-state index is 0.476. The monoisotopic (exact) mass is 115 g/mol. The van der Waals surface area contributed by atoms with Crippen molar-refractivity contribution in [3.8, 4) is 0 Å². The van der Waals surface area contributed by atoms with Gasteiger partial charge in [-0.15, -0.1) is 0 Å². The zero-order valence-corrected chi connectivity index (χ0v) is 5.31. The second-order valence-electron chi connectivity index (χ2n) is 2.11.